The lowest BCUT2D eigenvalue weighted by molar-refractivity contribution is 0.0240. The number of benzene rings is 1. The van der Waals surface area contributed by atoms with Gasteiger partial charge in [0.05, 0.1) is 19.2 Å². The van der Waals surface area contributed by atoms with E-state index in [0.29, 0.717) is 44.2 Å². The number of rotatable bonds is 9. The van der Waals surface area contributed by atoms with Gasteiger partial charge in [-0.15, -0.1) is 5.10 Å². The van der Waals surface area contributed by atoms with Crippen molar-refractivity contribution in [3.8, 4) is 17.0 Å². The predicted molar refractivity (Wildman–Crippen MR) is 185 cm³/mol. The number of methoxy groups -OCH3 is 1. The van der Waals surface area contributed by atoms with Gasteiger partial charge in [-0.3, -0.25) is 9.48 Å². The number of amides is 2. The first-order chi connectivity index (χ1) is 22.3. The number of nitrogens with zero attached hydrogens (tertiary/aromatic N) is 6. The van der Waals surface area contributed by atoms with E-state index in [1.54, 1.807) is 12.0 Å². The van der Waals surface area contributed by atoms with Crippen molar-refractivity contribution in [2.75, 3.05) is 38.2 Å². The molecule has 2 amide bonds. The summed E-state index contributed by atoms with van der Waals surface area (Å²) in [4.78, 5) is 35.2. The summed E-state index contributed by atoms with van der Waals surface area (Å²) in [6.45, 7) is 19.6. The first-order valence-electron chi connectivity index (χ1n) is 16.6. The number of carbonyl (C=O) groups excluding carboxylic acids is 2. The SMILES string of the molecule is CCC(C)n1cc(C)c2c(C(=O)NCc3c(OC)nn(CC)c3C)cc(-c3ccc(N4CCN(C(=O)OC(C)(C)C)CC4)nc3)cc21. The van der Waals surface area contributed by atoms with Gasteiger partial charge in [0.2, 0.25) is 5.88 Å². The smallest absolute Gasteiger partial charge is 0.410 e. The van der Waals surface area contributed by atoms with Crippen LogP contribution in [0.2, 0.25) is 0 Å². The Morgan fingerprint density at radius 2 is 1.77 bits per heavy atom. The van der Waals surface area contributed by atoms with Crippen LogP contribution in [-0.4, -0.2) is 75.1 Å². The number of piperazine rings is 1. The van der Waals surface area contributed by atoms with E-state index < -0.39 is 5.60 Å². The van der Waals surface area contributed by atoms with Crippen molar-refractivity contribution < 1.29 is 19.1 Å². The van der Waals surface area contributed by atoms with Crippen molar-refractivity contribution in [1.82, 2.24) is 29.5 Å². The highest BCUT2D eigenvalue weighted by Crippen LogP contribution is 2.34. The molecule has 4 aromatic rings. The van der Waals surface area contributed by atoms with E-state index in [-0.39, 0.29) is 18.0 Å². The normalized spacial score (nSPS) is 14.4. The molecule has 0 saturated carbocycles. The molecule has 4 heterocycles. The van der Waals surface area contributed by atoms with Crippen LogP contribution in [0.15, 0.2) is 36.7 Å². The highest BCUT2D eigenvalue weighted by Gasteiger charge is 2.27. The van der Waals surface area contributed by atoms with Gasteiger partial charge in [-0.25, -0.2) is 9.78 Å². The first-order valence-corrected chi connectivity index (χ1v) is 16.6. The standard InChI is InChI=1S/C36H49N7O4/c1-10-24(4)42-22-23(3)32-28(33(44)38-21-29-25(5)43(11-2)39-34(29)46-9)18-27(19-30(32)42)26-12-13-31(37-20-26)40-14-16-41(17-15-40)35(45)47-36(6,7)8/h12-13,18-20,22,24H,10-11,14-17,21H2,1-9H3,(H,38,44). The van der Waals surface area contributed by atoms with Gasteiger partial charge < -0.3 is 29.2 Å². The lowest BCUT2D eigenvalue weighted by atomic mass is 9.98. The van der Waals surface area contributed by atoms with Crippen LogP contribution in [0, 0.1) is 13.8 Å². The van der Waals surface area contributed by atoms with Crippen LogP contribution in [0.1, 0.15) is 81.2 Å². The molecule has 5 rings (SSSR count). The number of ether oxygens (including phenoxy) is 2. The summed E-state index contributed by atoms with van der Waals surface area (Å²) in [5.74, 6) is 1.23. The summed E-state index contributed by atoms with van der Waals surface area (Å²) in [6, 6.07) is 8.48. The molecule has 252 valence electrons. The molecule has 0 spiro atoms. The zero-order valence-electron chi connectivity index (χ0n) is 29.3. The molecule has 0 bridgehead atoms. The van der Waals surface area contributed by atoms with E-state index in [1.807, 2.05) is 57.6 Å². The molecule has 11 heteroatoms. The number of fused-ring (bicyclic) bond motifs is 1. The maximum atomic E-state index is 14.0. The molecule has 47 heavy (non-hydrogen) atoms. The second kappa shape index (κ2) is 13.7. The molecule has 1 aromatic carbocycles. The maximum absolute atomic E-state index is 14.0. The molecule has 0 radical (unpaired) electrons. The zero-order valence-corrected chi connectivity index (χ0v) is 29.3. The Labute approximate surface area is 277 Å². The summed E-state index contributed by atoms with van der Waals surface area (Å²) in [5, 5.41) is 8.62. The molecule has 0 aliphatic carbocycles. The van der Waals surface area contributed by atoms with E-state index in [2.05, 4.69) is 59.0 Å². The third kappa shape index (κ3) is 7.08. The van der Waals surface area contributed by atoms with Crippen LogP contribution in [0.3, 0.4) is 0 Å². The van der Waals surface area contributed by atoms with Gasteiger partial charge in [0.25, 0.3) is 5.91 Å². The van der Waals surface area contributed by atoms with Crippen molar-refractivity contribution >= 4 is 28.7 Å². The Morgan fingerprint density at radius 3 is 2.36 bits per heavy atom. The molecular formula is C36H49N7O4. The van der Waals surface area contributed by atoms with Gasteiger partial charge >= 0.3 is 6.09 Å². The Bertz CT molecular complexity index is 1740. The minimum Gasteiger partial charge on any atom is -0.480 e. The van der Waals surface area contributed by atoms with Gasteiger partial charge in [-0.05, 0) is 90.3 Å². The highest BCUT2D eigenvalue weighted by atomic mass is 16.6. The highest BCUT2D eigenvalue weighted by molar-refractivity contribution is 6.09. The van der Waals surface area contributed by atoms with Crippen molar-refractivity contribution in [2.45, 2.75) is 86.5 Å². The number of hydrogen-bond acceptors (Lipinski definition) is 7. The average molecular weight is 644 g/mol. The molecule has 1 N–H and O–H groups in total. The van der Waals surface area contributed by atoms with Crippen molar-refractivity contribution in [2.24, 2.45) is 0 Å². The summed E-state index contributed by atoms with van der Waals surface area (Å²) in [7, 11) is 1.60. The fraction of sp³-hybridized carbons (Fsp3) is 0.500. The van der Waals surface area contributed by atoms with Gasteiger partial charge in [0.1, 0.15) is 11.4 Å². The molecule has 1 aliphatic rings. The Kier molecular flexibility index (Phi) is 9.84. The lowest BCUT2D eigenvalue weighted by Gasteiger charge is -2.36. The minimum absolute atomic E-state index is 0.153. The lowest BCUT2D eigenvalue weighted by Crippen LogP contribution is -2.50. The third-order valence-corrected chi connectivity index (χ3v) is 8.98. The number of nitrogens with one attached hydrogen (secondary N) is 1. The number of carbonyl (C=O) groups is 2. The number of pyridine rings is 1. The van der Waals surface area contributed by atoms with Gasteiger partial charge in [-0.1, -0.05) is 6.92 Å². The molecule has 3 aromatic heterocycles. The third-order valence-electron chi connectivity index (χ3n) is 8.98. The molecule has 1 aliphatic heterocycles. The van der Waals surface area contributed by atoms with Crippen LogP contribution in [0.25, 0.3) is 22.0 Å². The molecule has 11 nitrogen and oxygen atoms in total. The Morgan fingerprint density at radius 1 is 1.04 bits per heavy atom. The quantitative estimate of drug-likeness (QED) is 0.222. The minimum atomic E-state index is -0.518. The monoisotopic (exact) mass is 643 g/mol. The summed E-state index contributed by atoms with van der Waals surface area (Å²) < 4.78 is 15.2. The average Bonchev–Trinajstić information content (AvgIpc) is 3.57. The second-order valence-corrected chi connectivity index (χ2v) is 13.3. The number of aromatic nitrogens is 4. The van der Waals surface area contributed by atoms with E-state index >= 15 is 0 Å². The van der Waals surface area contributed by atoms with E-state index in [4.69, 9.17) is 14.5 Å². The molecule has 1 atom stereocenters. The topological polar surface area (TPSA) is 107 Å². The van der Waals surface area contributed by atoms with Gasteiger partial charge in [0.15, 0.2) is 0 Å². The van der Waals surface area contributed by atoms with E-state index in [9.17, 15) is 9.59 Å². The van der Waals surface area contributed by atoms with Crippen LogP contribution in [0.4, 0.5) is 10.6 Å². The molecule has 1 saturated heterocycles. The maximum Gasteiger partial charge on any atom is 0.410 e. The van der Waals surface area contributed by atoms with Crippen LogP contribution >= 0.6 is 0 Å². The fourth-order valence-corrected chi connectivity index (χ4v) is 6.18. The molecule has 1 unspecified atom stereocenters. The second-order valence-electron chi connectivity index (χ2n) is 13.3. The molecule has 1 fully saturated rings. The Hall–Kier alpha value is -4.54. The van der Waals surface area contributed by atoms with Crippen molar-refractivity contribution in [3.05, 3.63) is 59.0 Å². The van der Waals surface area contributed by atoms with Gasteiger partial charge in [0, 0.05) is 78.9 Å². The largest absolute Gasteiger partial charge is 0.480 e. The van der Waals surface area contributed by atoms with Crippen LogP contribution in [-0.2, 0) is 17.8 Å². The van der Waals surface area contributed by atoms with Gasteiger partial charge in [-0.2, -0.15) is 0 Å². The van der Waals surface area contributed by atoms with Crippen molar-refractivity contribution in [3.63, 3.8) is 0 Å². The summed E-state index contributed by atoms with van der Waals surface area (Å²) in [5.41, 5.74) is 5.88. The van der Waals surface area contributed by atoms with Crippen molar-refractivity contribution in [1.29, 1.82) is 0 Å². The fourth-order valence-electron chi connectivity index (χ4n) is 6.18. The van der Waals surface area contributed by atoms with E-state index in [0.717, 1.165) is 57.6 Å². The number of hydrogen-bond donors (Lipinski definition) is 1. The number of aryl methyl sites for hydroxylation is 2. The Balaban J connectivity index is 1.42. The number of anilines is 1. The van der Waals surface area contributed by atoms with Crippen LogP contribution < -0.4 is 15.0 Å². The summed E-state index contributed by atoms with van der Waals surface area (Å²) >= 11 is 0. The predicted octanol–water partition coefficient (Wildman–Crippen LogP) is 6.50. The van der Waals surface area contributed by atoms with E-state index in [1.165, 1.54) is 0 Å². The first kappa shape index (κ1) is 33.8. The zero-order chi connectivity index (χ0) is 34.0. The summed E-state index contributed by atoms with van der Waals surface area (Å²) in [6.07, 6.45) is 4.71. The molecular weight excluding hydrogens is 594 g/mol. The van der Waals surface area contributed by atoms with Crippen LogP contribution in [0.5, 0.6) is 5.88 Å².